The molecule has 0 unspecified atom stereocenters. The lowest BCUT2D eigenvalue weighted by atomic mass is 9.94. The number of fused-ring (bicyclic) bond motifs is 5. The van der Waals surface area contributed by atoms with E-state index in [4.69, 9.17) is 24.4 Å². The molecule has 0 fully saturated rings. The third kappa shape index (κ3) is 6.69. The Labute approximate surface area is 363 Å². The second kappa shape index (κ2) is 15.2. The summed E-state index contributed by atoms with van der Waals surface area (Å²) >= 11 is 0. The fraction of sp³-hybridized carbons (Fsp3) is 0. The fourth-order valence-electron chi connectivity index (χ4n) is 8.74. The zero-order chi connectivity index (χ0) is 41.7. The van der Waals surface area contributed by atoms with Crippen LogP contribution in [-0.2, 0) is 0 Å². The Morgan fingerprint density at radius 2 is 0.825 bits per heavy atom. The van der Waals surface area contributed by atoms with Crippen LogP contribution in [0.1, 0.15) is 0 Å². The monoisotopic (exact) mass is 804 g/mol. The van der Waals surface area contributed by atoms with Gasteiger partial charge in [0.15, 0.2) is 23.1 Å². The molecule has 0 radical (unpaired) electrons. The van der Waals surface area contributed by atoms with Crippen LogP contribution in [0.5, 0.6) is 0 Å². The highest BCUT2D eigenvalue weighted by molar-refractivity contribution is 6.12. The van der Waals surface area contributed by atoms with Crippen molar-refractivity contribution in [2.75, 3.05) is 0 Å². The summed E-state index contributed by atoms with van der Waals surface area (Å²) in [5.74, 6) is 2.43. The lowest BCUT2D eigenvalue weighted by Crippen LogP contribution is -2.00. The van der Waals surface area contributed by atoms with E-state index in [2.05, 4.69) is 176 Å². The van der Waals surface area contributed by atoms with Gasteiger partial charge in [0.05, 0.1) is 0 Å². The van der Waals surface area contributed by atoms with Gasteiger partial charge < -0.3 is 4.42 Å². The van der Waals surface area contributed by atoms with Gasteiger partial charge in [0.1, 0.15) is 5.52 Å². The summed E-state index contributed by atoms with van der Waals surface area (Å²) in [6.45, 7) is 0. The zero-order valence-electron chi connectivity index (χ0n) is 34.0. The second-order valence-electron chi connectivity index (χ2n) is 15.8. The first kappa shape index (κ1) is 36.3. The van der Waals surface area contributed by atoms with Crippen LogP contribution >= 0.6 is 0 Å². The minimum absolute atomic E-state index is 0.605. The number of oxazole rings is 1. The highest BCUT2D eigenvalue weighted by Crippen LogP contribution is 2.39. The van der Waals surface area contributed by atoms with E-state index in [1.807, 2.05) is 42.5 Å². The van der Waals surface area contributed by atoms with Gasteiger partial charge in [-0.2, -0.15) is 0 Å². The predicted molar refractivity (Wildman–Crippen MR) is 258 cm³/mol. The molecule has 2 heterocycles. The number of aromatic nitrogens is 4. The van der Waals surface area contributed by atoms with Gasteiger partial charge in [0, 0.05) is 27.6 Å². The molecule has 5 heteroatoms. The molecule has 0 amide bonds. The number of nitrogens with zero attached hydrogens (tertiary/aromatic N) is 4. The van der Waals surface area contributed by atoms with E-state index in [1.165, 1.54) is 11.1 Å². The van der Waals surface area contributed by atoms with Crippen molar-refractivity contribution in [2.24, 2.45) is 0 Å². The van der Waals surface area contributed by atoms with Crippen molar-refractivity contribution in [3.8, 4) is 79.0 Å². The van der Waals surface area contributed by atoms with E-state index in [0.717, 1.165) is 87.9 Å². The summed E-state index contributed by atoms with van der Waals surface area (Å²) < 4.78 is 6.57. The van der Waals surface area contributed by atoms with Crippen molar-refractivity contribution in [3.63, 3.8) is 0 Å². The third-order valence-electron chi connectivity index (χ3n) is 11.9. The molecule has 0 spiro atoms. The van der Waals surface area contributed by atoms with Gasteiger partial charge >= 0.3 is 0 Å². The van der Waals surface area contributed by atoms with Gasteiger partial charge in [-0.25, -0.2) is 19.9 Å². The molecule has 5 nitrogen and oxygen atoms in total. The topological polar surface area (TPSA) is 64.7 Å². The third-order valence-corrected chi connectivity index (χ3v) is 11.9. The normalized spacial score (nSPS) is 11.5. The summed E-state index contributed by atoms with van der Waals surface area (Å²) in [5.41, 5.74) is 12.1. The highest BCUT2D eigenvalue weighted by Gasteiger charge is 2.18. The van der Waals surface area contributed by atoms with Crippen LogP contribution in [0.4, 0.5) is 0 Å². The highest BCUT2D eigenvalue weighted by atomic mass is 16.3. The number of rotatable bonds is 7. The number of hydrogen-bond acceptors (Lipinski definition) is 5. The van der Waals surface area contributed by atoms with E-state index in [1.54, 1.807) is 0 Å². The van der Waals surface area contributed by atoms with Crippen LogP contribution in [-0.4, -0.2) is 19.9 Å². The molecule has 0 atom stereocenters. The van der Waals surface area contributed by atoms with Gasteiger partial charge in [0.25, 0.3) is 0 Å². The summed E-state index contributed by atoms with van der Waals surface area (Å²) in [4.78, 5) is 20.5. The molecule has 0 aliphatic heterocycles. The van der Waals surface area contributed by atoms with E-state index in [-0.39, 0.29) is 0 Å². The maximum atomic E-state index is 6.57. The zero-order valence-corrected chi connectivity index (χ0v) is 34.0. The smallest absolute Gasteiger partial charge is 0.227 e. The van der Waals surface area contributed by atoms with Crippen molar-refractivity contribution in [2.45, 2.75) is 0 Å². The van der Waals surface area contributed by atoms with E-state index < -0.39 is 0 Å². The van der Waals surface area contributed by atoms with Crippen LogP contribution in [0.15, 0.2) is 223 Å². The van der Waals surface area contributed by atoms with Crippen LogP contribution in [0, 0.1) is 0 Å². The maximum Gasteiger partial charge on any atom is 0.227 e. The van der Waals surface area contributed by atoms with Gasteiger partial charge in [-0.3, -0.25) is 0 Å². The summed E-state index contributed by atoms with van der Waals surface area (Å²) in [5, 5.41) is 6.53. The molecular weight excluding hydrogens is 769 g/mol. The Hall–Kier alpha value is -8.54. The summed E-state index contributed by atoms with van der Waals surface area (Å²) in [6.07, 6.45) is 0. The largest absolute Gasteiger partial charge is 0.435 e. The Bertz CT molecular complexity index is 3670. The molecular formula is C58H36N4O. The van der Waals surface area contributed by atoms with E-state index in [0.29, 0.717) is 23.4 Å². The van der Waals surface area contributed by atoms with Crippen molar-refractivity contribution >= 4 is 43.4 Å². The molecule has 0 N–H and O–H groups in total. The molecule has 10 aromatic carbocycles. The Morgan fingerprint density at radius 1 is 0.286 bits per heavy atom. The quantitative estimate of drug-likeness (QED) is 0.161. The summed E-state index contributed by atoms with van der Waals surface area (Å²) in [6, 6.07) is 76.0. The average Bonchev–Trinajstić information content (AvgIpc) is 3.81. The molecule has 0 bridgehead atoms. The van der Waals surface area contributed by atoms with Gasteiger partial charge in [-0.15, -0.1) is 0 Å². The van der Waals surface area contributed by atoms with Gasteiger partial charge in [0.2, 0.25) is 5.89 Å². The minimum atomic E-state index is 0.605. The first-order chi connectivity index (χ1) is 31.2. The van der Waals surface area contributed by atoms with Crippen molar-refractivity contribution in [1.29, 1.82) is 0 Å². The fourth-order valence-corrected chi connectivity index (χ4v) is 8.74. The molecule has 12 aromatic rings. The van der Waals surface area contributed by atoms with Crippen molar-refractivity contribution < 1.29 is 4.42 Å². The molecule has 12 rings (SSSR count). The minimum Gasteiger partial charge on any atom is -0.435 e. The Morgan fingerprint density at radius 3 is 1.62 bits per heavy atom. The molecule has 0 saturated carbocycles. The Kier molecular flexibility index (Phi) is 8.75. The van der Waals surface area contributed by atoms with Crippen LogP contribution in [0.25, 0.3) is 122 Å². The molecule has 0 aliphatic carbocycles. The maximum absolute atomic E-state index is 6.57. The van der Waals surface area contributed by atoms with E-state index in [9.17, 15) is 0 Å². The lowest BCUT2D eigenvalue weighted by Gasteiger charge is -2.13. The molecule has 63 heavy (non-hydrogen) atoms. The van der Waals surface area contributed by atoms with Crippen molar-refractivity contribution in [1.82, 2.24) is 19.9 Å². The van der Waals surface area contributed by atoms with Gasteiger partial charge in [-0.05, 0) is 96.7 Å². The first-order valence-corrected chi connectivity index (χ1v) is 21.1. The molecule has 0 aliphatic rings. The predicted octanol–water partition coefficient (Wildman–Crippen LogP) is 15.1. The SMILES string of the molecule is c1ccc(-c2cccc(-c3ccc(-c4nc(-c5ccc6ccccc6c5)nc(-c5cccc6ccc(-c7cccc8ccc9nc(-c%10ccccc%10)oc9c78)cc56)n4)cc3)c2)cc1. The van der Waals surface area contributed by atoms with E-state index >= 15 is 0 Å². The lowest BCUT2D eigenvalue weighted by molar-refractivity contribution is 0.623. The number of benzene rings is 10. The van der Waals surface area contributed by atoms with Crippen molar-refractivity contribution in [3.05, 3.63) is 218 Å². The average molecular weight is 805 g/mol. The first-order valence-electron chi connectivity index (χ1n) is 21.1. The standard InChI is InChI=1S/C58H36N4O/c1-3-12-37(13-4-1)45-20-9-21-46(34-45)39-24-28-42(29-25-39)55-60-56(48-31-26-38-14-7-8-17-44(38)35-48)62-57(61-55)50-23-10-18-40-27-30-47(36-51(40)50)49-22-11-19-41-32-33-52-54(53(41)49)63-58(59-52)43-15-5-2-6-16-43/h1-36H. The van der Waals surface area contributed by atoms with Crippen LogP contribution < -0.4 is 0 Å². The molecule has 0 saturated heterocycles. The number of hydrogen-bond donors (Lipinski definition) is 0. The van der Waals surface area contributed by atoms with Crippen LogP contribution in [0.2, 0.25) is 0 Å². The Balaban J connectivity index is 0.995. The molecule has 2 aromatic heterocycles. The molecule has 294 valence electrons. The van der Waals surface area contributed by atoms with Gasteiger partial charge in [-0.1, -0.05) is 182 Å². The summed E-state index contributed by atoms with van der Waals surface area (Å²) in [7, 11) is 0. The second-order valence-corrected chi connectivity index (χ2v) is 15.8. The van der Waals surface area contributed by atoms with Crippen LogP contribution in [0.3, 0.4) is 0 Å².